The van der Waals surface area contributed by atoms with Gasteiger partial charge in [0, 0.05) is 18.4 Å². The number of nitrogens with one attached hydrogen (secondary N) is 2. The number of ether oxygens (including phenoxy) is 5. The molecule has 0 aliphatic carbocycles. The van der Waals surface area contributed by atoms with Crippen LogP contribution in [0.15, 0.2) is 169 Å². The van der Waals surface area contributed by atoms with E-state index in [9.17, 15) is 48.3 Å². The van der Waals surface area contributed by atoms with Crippen molar-refractivity contribution in [2.75, 3.05) is 25.4 Å². The van der Waals surface area contributed by atoms with Crippen molar-refractivity contribution in [3.8, 4) is 5.75 Å². The van der Waals surface area contributed by atoms with Gasteiger partial charge in [0.1, 0.15) is 46.6 Å². The van der Waals surface area contributed by atoms with Gasteiger partial charge in [0.15, 0.2) is 17.9 Å². The van der Waals surface area contributed by atoms with Crippen molar-refractivity contribution in [3.05, 3.63) is 197 Å². The van der Waals surface area contributed by atoms with Crippen LogP contribution in [0.3, 0.4) is 0 Å². The summed E-state index contributed by atoms with van der Waals surface area (Å²) in [6.07, 6.45) is 2.41. The fourth-order valence-electron chi connectivity index (χ4n) is 8.59. The van der Waals surface area contributed by atoms with Crippen molar-refractivity contribution in [1.29, 1.82) is 0 Å². The number of esters is 4. The molecule has 5 aromatic rings. The van der Waals surface area contributed by atoms with Gasteiger partial charge in [-0.25, -0.2) is 9.59 Å². The molecule has 4 aliphatic rings. The molecule has 5 aromatic carbocycles. The normalized spacial score (nSPS) is 18.7. The van der Waals surface area contributed by atoms with E-state index in [4.69, 9.17) is 18.9 Å². The molecular formula is C56H50N4O15S2. The fourth-order valence-corrected chi connectivity index (χ4v) is 11.0. The van der Waals surface area contributed by atoms with E-state index in [1.165, 1.54) is 34.5 Å². The van der Waals surface area contributed by atoms with Gasteiger partial charge in [0.05, 0.1) is 7.11 Å². The van der Waals surface area contributed by atoms with Crippen LogP contribution in [0.5, 0.6) is 5.75 Å². The van der Waals surface area contributed by atoms with Crippen molar-refractivity contribution in [2.24, 2.45) is 0 Å². The number of carboxylic acid groups (broad SMARTS) is 1. The highest BCUT2D eigenvalue weighted by Gasteiger charge is 2.55. The number of hydrogen-bond acceptors (Lipinski definition) is 16. The van der Waals surface area contributed by atoms with Crippen molar-refractivity contribution in [1.82, 2.24) is 20.4 Å². The molecule has 396 valence electrons. The molecule has 9 rings (SSSR count). The average molecular weight is 1080 g/mol. The van der Waals surface area contributed by atoms with Crippen LogP contribution in [-0.2, 0) is 68.7 Å². The van der Waals surface area contributed by atoms with Crippen molar-refractivity contribution >= 4 is 77.0 Å². The predicted molar refractivity (Wildman–Crippen MR) is 279 cm³/mol. The molecule has 77 heavy (non-hydrogen) atoms. The van der Waals surface area contributed by atoms with Crippen molar-refractivity contribution < 1.29 is 71.9 Å². The third-order valence-electron chi connectivity index (χ3n) is 12.4. The number of aliphatic carboxylic acids is 1. The van der Waals surface area contributed by atoms with Crippen LogP contribution in [0.4, 0.5) is 0 Å². The zero-order valence-electron chi connectivity index (χ0n) is 41.3. The number of thioether (sulfide) groups is 2. The van der Waals surface area contributed by atoms with E-state index in [2.05, 4.69) is 15.4 Å². The van der Waals surface area contributed by atoms with Crippen LogP contribution in [0, 0.1) is 0 Å². The first-order valence-corrected chi connectivity index (χ1v) is 26.0. The lowest BCUT2D eigenvalue weighted by molar-refractivity contribution is -0.168. The minimum absolute atomic E-state index is 0.0444. The molecule has 2 fully saturated rings. The highest BCUT2D eigenvalue weighted by atomic mass is 32.2. The molecule has 0 bridgehead atoms. The molecule has 6 atom stereocenters. The van der Waals surface area contributed by atoms with E-state index < -0.39 is 101 Å². The van der Waals surface area contributed by atoms with Gasteiger partial charge in [-0.1, -0.05) is 133 Å². The number of carbonyl (C=O) groups is 9. The van der Waals surface area contributed by atoms with Gasteiger partial charge in [-0.3, -0.25) is 43.4 Å². The molecule has 21 heteroatoms. The van der Waals surface area contributed by atoms with E-state index in [-0.39, 0.29) is 18.0 Å². The van der Waals surface area contributed by atoms with E-state index in [1.54, 1.807) is 98.1 Å². The number of methoxy groups -OCH3 is 1. The summed E-state index contributed by atoms with van der Waals surface area (Å²) in [6.45, 7) is 0.453. The largest absolute Gasteiger partial charge is 0.497 e. The summed E-state index contributed by atoms with van der Waals surface area (Å²) >= 11 is 2.70. The number of hydrogen-bond donors (Lipinski definition) is 3. The Hall–Kier alpha value is -8.69. The molecule has 3 N–H and O–H groups in total. The Balaban J connectivity index is 0.000000225. The van der Waals surface area contributed by atoms with Crippen molar-refractivity contribution in [3.63, 3.8) is 0 Å². The smallest absolute Gasteiger partial charge is 0.355 e. The van der Waals surface area contributed by atoms with Crippen LogP contribution in [0.2, 0.25) is 0 Å². The van der Waals surface area contributed by atoms with Gasteiger partial charge >= 0.3 is 29.8 Å². The number of carboxylic acids is 1. The molecule has 4 heterocycles. The number of nitrogens with zero attached hydrogens (tertiary/aromatic N) is 2. The quantitative estimate of drug-likeness (QED) is 0.0329. The third-order valence-corrected chi connectivity index (χ3v) is 14.8. The lowest BCUT2D eigenvalue weighted by Gasteiger charge is -2.48. The molecule has 4 unspecified atom stereocenters. The van der Waals surface area contributed by atoms with Gasteiger partial charge in [-0.2, -0.15) is 0 Å². The van der Waals surface area contributed by atoms with E-state index in [0.717, 1.165) is 28.5 Å². The Kier molecular flexibility index (Phi) is 17.9. The SMILES string of the molecule is CC(=O)OCOC(=O)C(C(=O)NC1C(=O)N2C(C(=O)O)=CCS[C@@H]12)c1ccccc1.COc1ccc(COC(=O)C(C(=O)NC2C(=O)N3C(C(=O)OC(c4ccccc4)c4ccccc4)=CCS[C@@H]23)c2ccccc2)cc1. The number of benzene rings is 5. The van der Waals surface area contributed by atoms with Crippen LogP contribution in [-0.4, -0.2) is 117 Å². The second-order valence-electron chi connectivity index (χ2n) is 17.3. The monoisotopic (exact) mass is 1080 g/mol. The van der Waals surface area contributed by atoms with E-state index in [0.29, 0.717) is 28.4 Å². The standard InChI is InChI=1S/C37H32N2O7S.C19H18N2O8S/c1-44-28-19-17-24(18-20-28)23-45-37(43)30(25-11-5-2-6-12-25)33(40)38-31-34(41)39-29(21-22-47-35(31)39)36(42)46-32(26-13-7-3-8-14-26)27-15-9-4-10-16-27;1-10(22)28-9-29-19(27)13(11-5-3-2-4-6-11)15(23)20-14-16(24)21-12(18(25)26)7-8-30-17(14)21/h2-21,30-32,35H,22-23H2,1H3,(H,38,40);2-7,13-14,17H,8-9H2,1H3,(H,20,23)(H,25,26)/t30?,31?,35-;13?,14?,17-/m00/s1. The summed E-state index contributed by atoms with van der Waals surface area (Å²) in [5, 5.41) is 13.4. The summed E-state index contributed by atoms with van der Waals surface area (Å²) in [6, 6.07) is 40.5. The Labute approximate surface area is 449 Å². The first-order valence-electron chi connectivity index (χ1n) is 23.9. The van der Waals surface area contributed by atoms with E-state index >= 15 is 0 Å². The van der Waals surface area contributed by atoms with Gasteiger partial charge in [-0.05, 0) is 52.1 Å². The summed E-state index contributed by atoms with van der Waals surface area (Å²) in [5.74, 6) is -7.94. The van der Waals surface area contributed by atoms with Gasteiger partial charge in [-0.15, -0.1) is 23.5 Å². The summed E-state index contributed by atoms with van der Waals surface area (Å²) in [4.78, 5) is 117. The molecule has 0 radical (unpaired) electrons. The number of amides is 4. The summed E-state index contributed by atoms with van der Waals surface area (Å²) < 4.78 is 26.2. The zero-order chi connectivity index (χ0) is 54.6. The Bertz CT molecular complexity index is 3030. The lowest BCUT2D eigenvalue weighted by atomic mass is 9.96. The zero-order valence-corrected chi connectivity index (χ0v) is 42.9. The van der Waals surface area contributed by atoms with Crippen LogP contribution in [0.1, 0.15) is 52.7 Å². The first-order chi connectivity index (χ1) is 37.2. The topological polar surface area (TPSA) is 251 Å². The molecule has 0 spiro atoms. The maximum atomic E-state index is 13.7. The minimum atomic E-state index is -1.40. The molecular weight excluding hydrogens is 1030 g/mol. The molecule has 0 aromatic heterocycles. The van der Waals surface area contributed by atoms with Crippen LogP contribution >= 0.6 is 23.5 Å². The number of β-lactam (4-membered cyclic amide) rings is 2. The van der Waals surface area contributed by atoms with Gasteiger partial charge < -0.3 is 39.4 Å². The van der Waals surface area contributed by atoms with Crippen LogP contribution in [0.25, 0.3) is 0 Å². The number of fused-ring (bicyclic) bond motifs is 2. The van der Waals surface area contributed by atoms with Gasteiger partial charge in [0.2, 0.25) is 18.6 Å². The molecule has 4 amide bonds. The molecule has 19 nitrogen and oxygen atoms in total. The summed E-state index contributed by atoms with van der Waals surface area (Å²) in [5.41, 5.74) is 3.06. The third kappa shape index (κ3) is 12.7. The minimum Gasteiger partial charge on any atom is -0.497 e. The fraction of sp³-hybridized carbons (Fsp3) is 0.232. The van der Waals surface area contributed by atoms with Gasteiger partial charge in [0.25, 0.3) is 11.8 Å². The maximum absolute atomic E-state index is 13.7. The Morgan fingerprint density at radius 3 is 1.45 bits per heavy atom. The first kappa shape index (κ1) is 54.6. The Morgan fingerprint density at radius 1 is 0.584 bits per heavy atom. The lowest BCUT2D eigenvalue weighted by Crippen LogP contribution is -2.70. The summed E-state index contributed by atoms with van der Waals surface area (Å²) in [7, 11) is 1.56. The number of rotatable bonds is 18. The average Bonchev–Trinajstić information content (AvgIpc) is 3.48. The highest BCUT2D eigenvalue weighted by Crippen LogP contribution is 2.40. The maximum Gasteiger partial charge on any atom is 0.355 e. The predicted octanol–water partition coefficient (Wildman–Crippen LogP) is 5.34. The molecule has 0 saturated carbocycles. The van der Waals surface area contributed by atoms with E-state index in [1.807, 2.05) is 60.7 Å². The van der Waals surface area contributed by atoms with Crippen molar-refractivity contribution in [2.45, 2.75) is 54.3 Å². The molecule has 4 aliphatic heterocycles. The highest BCUT2D eigenvalue weighted by molar-refractivity contribution is 8.00. The second-order valence-corrected chi connectivity index (χ2v) is 19.6. The molecule has 2 saturated heterocycles. The Morgan fingerprint density at radius 2 is 1.01 bits per heavy atom. The van der Waals surface area contributed by atoms with Crippen LogP contribution < -0.4 is 15.4 Å². The second kappa shape index (κ2) is 25.2. The number of carbonyl (C=O) groups excluding carboxylic acids is 8.